The van der Waals surface area contributed by atoms with Crippen LogP contribution < -0.4 is 19.5 Å². The highest BCUT2D eigenvalue weighted by Crippen LogP contribution is 2.34. The predicted molar refractivity (Wildman–Crippen MR) is 87.7 cm³/mol. The van der Waals surface area contributed by atoms with Gasteiger partial charge in [0.25, 0.3) is 0 Å². The first-order chi connectivity index (χ1) is 11.5. The molecule has 4 nitrogen and oxygen atoms in total. The zero-order valence-electron chi connectivity index (χ0n) is 14.2. The Balaban J connectivity index is 2.16. The molecule has 0 aromatic heterocycles. The lowest BCUT2D eigenvalue weighted by Gasteiger charge is -2.18. The van der Waals surface area contributed by atoms with Crippen molar-refractivity contribution in [1.29, 1.82) is 0 Å². The van der Waals surface area contributed by atoms with Crippen LogP contribution in [0.1, 0.15) is 24.1 Å². The number of ether oxygens (including phenoxy) is 3. The first-order valence-electron chi connectivity index (χ1n) is 7.47. The third-order valence-corrected chi connectivity index (χ3v) is 3.83. The third-order valence-electron chi connectivity index (χ3n) is 3.83. The molecule has 0 aliphatic carbocycles. The van der Waals surface area contributed by atoms with Crippen LogP contribution in [0.25, 0.3) is 0 Å². The lowest BCUT2D eigenvalue weighted by molar-refractivity contribution is 0.346. The summed E-state index contributed by atoms with van der Waals surface area (Å²) in [6.45, 7) is 2.34. The zero-order valence-corrected chi connectivity index (χ0v) is 14.2. The highest BCUT2D eigenvalue weighted by atomic mass is 19.2. The molecule has 130 valence electrons. The maximum absolute atomic E-state index is 13.4. The smallest absolute Gasteiger partial charge is 0.164 e. The standard InChI is InChI=1S/C18H21F2NO3/c1-11(12-5-6-14(19)15(20)7-12)21-10-13-8-17(23-3)18(24-4)9-16(13)22-2/h5-9,11,21H,10H2,1-4H3. The van der Waals surface area contributed by atoms with Crippen molar-refractivity contribution in [2.24, 2.45) is 0 Å². The SMILES string of the molecule is COc1cc(OC)c(OC)cc1CNC(C)c1ccc(F)c(F)c1. The zero-order chi connectivity index (χ0) is 17.7. The first-order valence-corrected chi connectivity index (χ1v) is 7.47. The Morgan fingerprint density at radius 2 is 1.50 bits per heavy atom. The highest BCUT2D eigenvalue weighted by molar-refractivity contribution is 5.50. The topological polar surface area (TPSA) is 39.7 Å². The molecule has 0 amide bonds. The highest BCUT2D eigenvalue weighted by Gasteiger charge is 2.14. The molecule has 0 aliphatic heterocycles. The molecular formula is C18H21F2NO3. The van der Waals surface area contributed by atoms with Crippen LogP contribution in [-0.2, 0) is 6.54 Å². The number of hydrogen-bond acceptors (Lipinski definition) is 4. The van der Waals surface area contributed by atoms with Crippen molar-refractivity contribution in [2.75, 3.05) is 21.3 Å². The summed E-state index contributed by atoms with van der Waals surface area (Å²) < 4.78 is 42.3. The van der Waals surface area contributed by atoms with Gasteiger partial charge in [0.15, 0.2) is 23.1 Å². The molecule has 0 heterocycles. The molecule has 6 heteroatoms. The second kappa shape index (κ2) is 7.97. The van der Waals surface area contributed by atoms with E-state index in [1.54, 1.807) is 33.5 Å². The van der Waals surface area contributed by atoms with Gasteiger partial charge in [0, 0.05) is 24.2 Å². The maximum atomic E-state index is 13.4. The fraction of sp³-hybridized carbons (Fsp3) is 0.333. The average Bonchev–Trinajstić information content (AvgIpc) is 2.60. The van der Waals surface area contributed by atoms with Crippen LogP contribution in [0.2, 0.25) is 0 Å². The van der Waals surface area contributed by atoms with E-state index >= 15 is 0 Å². The molecule has 1 unspecified atom stereocenters. The number of nitrogens with one attached hydrogen (secondary N) is 1. The van der Waals surface area contributed by atoms with Gasteiger partial charge < -0.3 is 19.5 Å². The van der Waals surface area contributed by atoms with Crippen LogP contribution in [0.5, 0.6) is 17.2 Å². The molecule has 0 radical (unpaired) electrons. The predicted octanol–water partition coefficient (Wildman–Crippen LogP) is 3.84. The lowest BCUT2D eigenvalue weighted by Crippen LogP contribution is -2.19. The van der Waals surface area contributed by atoms with E-state index in [1.165, 1.54) is 6.07 Å². The largest absolute Gasteiger partial charge is 0.496 e. The summed E-state index contributed by atoms with van der Waals surface area (Å²) in [5, 5.41) is 3.26. The molecule has 2 rings (SSSR count). The summed E-state index contributed by atoms with van der Waals surface area (Å²) in [7, 11) is 4.69. The van der Waals surface area contributed by atoms with E-state index in [0.717, 1.165) is 11.6 Å². The molecule has 24 heavy (non-hydrogen) atoms. The molecule has 1 N–H and O–H groups in total. The minimum atomic E-state index is -0.857. The number of methoxy groups -OCH3 is 3. The molecular weight excluding hydrogens is 316 g/mol. The van der Waals surface area contributed by atoms with Crippen LogP contribution in [-0.4, -0.2) is 21.3 Å². The summed E-state index contributed by atoms with van der Waals surface area (Å²) in [6.07, 6.45) is 0. The summed E-state index contributed by atoms with van der Waals surface area (Å²) in [4.78, 5) is 0. The number of hydrogen-bond donors (Lipinski definition) is 1. The van der Waals surface area contributed by atoms with Crippen LogP contribution in [0.4, 0.5) is 8.78 Å². The van der Waals surface area contributed by atoms with E-state index in [2.05, 4.69) is 5.32 Å². The monoisotopic (exact) mass is 337 g/mol. The van der Waals surface area contributed by atoms with Gasteiger partial charge in [0.1, 0.15) is 5.75 Å². The van der Waals surface area contributed by atoms with Gasteiger partial charge in [-0.15, -0.1) is 0 Å². The van der Waals surface area contributed by atoms with Gasteiger partial charge >= 0.3 is 0 Å². The summed E-state index contributed by atoms with van der Waals surface area (Å²) in [6, 6.07) is 7.28. The minimum absolute atomic E-state index is 0.169. The van der Waals surface area contributed by atoms with Gasteiger partial charge in [-0.1, -0.05) is 6.07 Å². The van der Waals surface area contributed by atoms with Crippen molar-refractivity contribution in [3.63, 3.8) is 0 Å². The summed E-state index contributed by atoms with van der Waals surface area (Å²) in [5.41, 5.74) is 1.53. The quantitative estimate of drug-likeness (QED) is 0.833. The van der Waals surface area contributed by atoms with Crippen molar-refractivity contribution < 1.29 is 23.0 Å². The van der Waals surface area contributed by atoms with Crippen molar-refractivity contribution in [2.45, 2.75) is 19.5 Å². The number of halogens is 2. The van der Waals surface area contributed by atoms with Gasteiger partial charge in [-0.2, -0.15) is 0 Å². The van der Waals surface area contributed by atoms with Crippen LogP contribution in [0.15, 0.2) is 30.3 Å². The Morgan fingerprint density at radius 3 is 2.08 bits per heavy atom. The molecule has 2 aromatic rings. The van der Waals surface area contributed by atoms with Crippen LogP contribution in [0, 0.1) is 11.6 Å². The fourth-order valence-corrected chi connectivity index (χ4v) is 2.39. The normalized spacial score (nSPS) is 11.9. The Kier molecular flexibility index (Phi) is 5.98. The molecule has 0 aliphatic rings. The Labute approximate surface area is 140 Å². The van der Waals surface area contributed by atoms with Crippen LogP contribution >= 0.6 is 0 Å². The number of rotatable bonds is 7. The first kappa shape index (κ1) is 18.0. The van der Waals surface area contributed by atoms with Crippen molar-refractivity contribution in [3.8, 4) is 17.2 Å². The summed E-state index contributed by atoms with van der Waals surface area (Å²) >= 11 is 0. The van der Waals surface area contributed by atoms with Gasteiger partial charge in [-0.05, 0) is 30.7 Å². The van der Waals surface area contributed by atoms with Gasteiger partial charge in [-0.3, -0.25) is 0 Å². The van der Waals surface area contributed by atoms with Gasteiger partial charge in [-0.25, -0.2) is 8.78 Å². The van der Waals surface area contributed by atoms with Crippen molar-refractivity contribution >= 4 is 0 Å². The van der Waals surface area contributed by atoms with E-state index in [4.69, 9.17) is 14.2 Å². The maximum Gasteiger partial charge on any atom is 0.164 e. The molecule has 1 atom stereocenters. The molecule has 0 fully saturated rings. The lowest BCUT2D eigenvalue weighted by atomic mass is 10.1. The Bertz CT molecular complexity index is 707. The van der Waals surface area contributed by atoms with Crippen LogP contribution in [0.3, 0.4) is 0 Å². The van der Waals surface area contributed by atoms with E-state index in [9.17, 15) is 8.78 Å². The Hall–Kier alpha value is -2.34. The van der Waals surface area contributed by atoms with E-state index < -0.39 is 11.6 Å². The number of benzene rings is 2. The van der Waals surface area contributed by atoms with Crippen molar-refractivity contribution in [3.05, 3.63) is 53.1 Å². The molecule has 2 aromatic carbocycles. The van der Waals surface area contributed by atoms with E-state index in [-0.39, 0.29) is 6.04 Å². The molecule has 0 spiro atoms. The Morgan fingerprint density at radius 1 is 0.875 bits per heavy atom. The fourth-order valence-electron chi connectivity index (χ4n) is 2.39. The van der Waals surface area contributed by atoms with Gasteiger partial charge in [0.2, 0.25) is 0 Å². The second-order valence-electron chi connectivity index (χ2n) is 5.30. The van der Waals surface area contributed by atoms with Crippen molar-refractivity contribution in [1.82, 2.24) is 5.32 Å². The van der Waals surface area contributed by atoms with Gasteiger partial charge in [0.05, 0.1) is 21.3 Å². The molecule has 0 saturated heterocycles. The molecule has 0 saturated carbocycles. The van der Waals surface area contributed by atoms with E-state index in [0.29, 0.717) is 29.4 Å². The average molecular weight is 337 g/mol. The third kappa shape index (κ3) is 3.94. The second-order valence-corrected chi connectivity index (χ2v) is 5.30. The molecule has 0 bridgehead atoms. The van der Waals surface area contributed by atoms with E-state index in [1.807, 2.05) is 13.0 Å². The minimum Gasteiger partial charge on any atom is -0.496 e. The summed E-state index contributed by atoms with van der Waals surface area (Å²) in [5.74, 6) is 0.109.